The number of amides is 1. The maximum absolute atomic E-state index is 12.9. The van der Waals surface area contributed by atoms with Crippen LogP contribution >= 0.6 is 11.6 Å². The number of benzene rings is 1. The van der Waals surface area contributed by atoms with Crippen LogP contribution in [0.15, 0.2) is 23.1 Å². The first-order valence-electron chi connectivity index (χ1n) is 7.59. The monoisotopic (exact) mass is 343 g/mol. The van der Waals surface area contributed by atoms with Gasteiger partial charge in [0.05, 0.1) is 16.2 Å². The number of hydrogen-bond donors (Lipinski definition) is 0. The van der Waals surface area contributed by atoms with Crippen molar-refractivity contribution >= 4 is 27.3 Å². The second-order valence-electron chi connectivity index (χ2n) is 6.03. The summed E-state index contributed by atoms with van der Waals surface area (Å²) in [6.45, 7) is 6.33. The van der Waals surface area contributed by atoms with Crippen LogP contribution in [0.1, 0.15) is 44.0 Å². The molecule has 22 heavy (non-hydrogen) atoms. The van der Waals surface area contributed by atoms with Crippen molar-refractivity contribution in [3.05, 3.63) is 28.8 Å². The lowest BCUT2D eigenvalue weighted by Gasteiger charge is -2.37. The van der Waals surface area contributed by atoms with E-state index >= 15 is 0 Å². The highest BCUT2D eigenvalue weighted by Crippen LogP contribution is 2.27. The van der Waals surface area contributed by atoms with Gasteiger partial charge in [-0.3, -0.25) is 4.79 Å². The smallest absolute Gasteiger partial charge is 0.255 e. The molecule has 0 spiro atoms. The van der Waals surface area contributed by atoms with E-state index in [1.807, 2.05) is 6.92 Å². The maximum Gasteiger partial charge on any atom is 0.255 e. The zero-order chi connectivity index (χ0) is 16.5. The van der Waals surface area contributed by atoms with Gasteiger partial charge in [0.1, 0.15) is 0 Å². The fourth-order valence-electron chi connectivity index (χ4n) is 2.82. The van der Waals surface area contributed by atoms with Crippen LogP contribution in [0, 0.1) is 5.92 Å². The van der Waals surface area contributed by atoms with E-state index in [9.17, 15) is 13.2 Å². The summed E-state index contributed by atoms with van der Waals surface area (Å²) in [6.07, 6.45) is 2.02. The summed E-state index contributed by atoms with van der Waals surface area (Å²) in [5.74, 6) is 0.139. The molecule has 0 unspecified atom stereocenters. The summed E-state index contributed by atoms with van der Waals surface area (Å²) < 4.78 is 24.5. The van der Waals surface area contributed by atoms with Crippen LogP contribution in [0.2, 0.25) is 5.02 Å². The van der Waals surface area contributed by atoms with Crippen LogP contribution in [0.5, 0.6) is 0 Å². The Bertz CT molecular complexity index is 672. The standard InChI is InChI=1S/C16H22ClNO3S/c1-4-22(20,21)15-8-7-13(17)9-14(15)16(19)18-10-11(2)5-6-12(18)3/h7-9,11-12H,4-6,10H2,1-3H3/t11-,12-/m1/s1. The van der Waals surface area contributed by atoms with Crippen molar-refractivity contribution in [2.24, 2.45) is 5.92 Å². The molecule has 122 valence electrons. The van der Waals surface area contributed by atoms with E-state index in [0.717, 1.165) is 12.8 Å². The van der Waals surface area contributed by atoms with Crippen LogP contribution < -0.4 is 0 Å². The van der Waals surface area contributed by atoms with Crippen molar-refractivity contribution in [2.75, 3.05) is 12.3 Å². The van der Waals surface area contributed by atoms with Gasteiger partial charge in [-0.25, -0.2) is 8.42 Å². The van der Waals surface area contributed by atoms with E-state index < -0.39 is 9.84 Å². The van der Waals surface area contributed by atoms with Gasteiger partial charge >= 0.3 is 0 Å². The molecule has 2 rings (SSSR count). The Labute approximate surface area is 137 Å². The first-order chi connectivity index (χ1) is 10.3. The normalized spacial score (nSPS) is 22.6. The Morgan fingerprint density at radius 2 is 2.00 bits per heavy atom. The highest BCUT2D eigenvalue weighted by molar-refractivity contribution is 7.91. The lowest BCUT2D eigenvalue weighted by Crippen LogP contribution is -2.45. The topological polar surface area (TPSA) is 54.5 Å². The second-order valence-corrected chi connectivity index (χ2v) is 8.72. The lowest BCUT2D eigenvalue weighted by atomic mass is 9.94. The third-order valence-corrected chi connectivity index (χ3v) is 6.29. The van der Waals surface area contributed by atoms with Crippen molar-refractivity contribution in [1.29, 1.82) is 0 Å². The van der Waals surface area contributed by atoms with Gasteiger partial charge in [-0.05, 0) is 43.9 Å². The summed E-state index contributed by atoms with van der Waals surface area (Å²) in [5, 5.41) is 0.371. The first-order valence-corrected chi connectivity index (χ1v) is 9.62. The molecule has 1 aliphatic heterocycles. The van der Waals surface area contributed by atoms with E-state index in [4.69, 9.17) is 11.6 Å². The number of halogens is 1. The van der Waals surface area contributed by atoms with Crippen molar-refractivity contribution in [2.45, 2.75) is 44.6 Å². The van der Waals surface area contributed by atoms with Crippen molar-refractivity contribution in [3.8, 4) is 0 Å². The molecular formula is C16H22ClNO3S. The third-order valence-electron chi connectivity index (χ3n) is 4.27. The molecule has 0 aromatic heterocycles. The molecule has 1 heterocycles. The number of likely N-dealkylation sites (tertiary alicyclic amines) is 1. The minimum Gasteiger partial charge on any atom is -0.336 e. The van der Waals surface area contributed by atoms with Gasteiger partial charge in [0.15, 0.2) is 9.84 Å². The fraction of sp³-hybridized carbons (Fsp3) is 0.562. The number of carbonyl (C=O) groups is 1. The van der Waals surface area contributed by atoms with E-state index in [1.165, 1.54) is 18.2 Å². The van der Waals surface area contributed by atoms with Gasteiger partial charge in [0, 0.05) is 17.6 Å². The van der Waals surface area contributed by atoms with Crippen LogP contribution in [-0.4, -0.2) is 37.6 Å². The zero-order valence-corrected chi connectivity index (χ0v) is 14.7. The molecule has 1 aromatic rings. The van der Waals surface area contributed by atoms with Gasteiger partial charge in [-0.1, -0.05) is 25.4 Å². The number of nitrogens with zero attached hydrogens (tertiary/aromatic N) is 1. The fourth-order valence-corrected chi connectivity index (χ4v) is 4.06. The number of sulfone groups is 1. The molecule has 0 radical (unpaired) electrons. The van der Waals surface area contributed by atoms with E-state index in [-0.39, 0.29) is 28.2 Å². The number of rotatable bonds is 3. The minimum atomic E-state index is -3.47. The van der Waals surface area contributed by atoms with Crippen molar-refractivity contribution in [3.63, 3.8) is 0 Å². The van der Waals surface area contributed by atoms with Crippen molar-refractivity contribution in [1.82, 2.24) is 4.90 Å². The quantitative estimate of drug-likeness (QED) is 0.845. The maximum atomic E-state index is 12.9. The molecule has 1 fully saturated rings. The summed E-state index contributed by atoms with van der Waals surface area (Å²) in [6, 6.07) is 4.54. The average Bonchev–Trinajstić information content (AvgIpc) is 2.48. The number of carbonyl (C=O) groups excluding carboxylic acids is 1. The minimum absolute atomic E-state index is 0.0408. The number of piperidine rings is 1. The largest absolute Gasteiger partial charge is 0.336 e. The zero-order valence-electron chi connectivity index (χ0n) is 13.2. The van der Waals surface area contributed by atoms with Crippen LogP contribution in [0.25, 0.3) is 0 Å². The molecule has 1 aliphatic rings. The Balaban J connectivity index is 2.47. The summed E-state index contributed by atoms with van der Waals surface area (Å²) in [5.41, 5.74) is 0.190. The highest BCUT2D eigenvalue weighted by atomic mass is 35.5. The molecule has 1 saturated heterocycles. The SMILES string of the molecule is CCS(=O)(=O)c1ccc(Cl)cc1C(=O)N1C[C@H](C)CC[C@H]1C. The van der Waals surface area contributed by atoms with Gasteiger partial charge in [-0.2, -0.15) is 0 Å². The van der Waals surface area contributed by atoms with Gasteiger partial charge < -0.3 is 4.90 Å². The molecule has 4 nitrogen and oxygen atoms in total. The first kappa shape index (κ1) is 17.3. The van der Waals surface area contributed by atoms with Gasteiger partial charge in [0.2, 0.25) is 0 Å². The Morgan fingerprint density at radius 1 is 1.32 bits per heavy atom. The van der Waals surface area contributed by atoms with E-state index in [1.54, 1.807) is 11.8 Å². The molecule has 1 amide bonds. The summed E-state index contributed by atoms with van der Waals surface area (Å²) in [7, 11) is -3.47. The van der Waals surface area contributed by atoms with Gasteiger partial charge in [0.25, 0.3) is 5.91 Å². The molecule has 0 bridgehead atoms. The van der Waals surface area contributed by atoms with Gasteiger partial charge in [-0.15, -0.1) is 0 Å². The van der Waals surface area contributed by atoms with Crippen LogP contribution in [-0.2, 0) is 9.84 Å². The van der Waals surface area contributed by atoms with E-state index in [0.29, 0.717) is 17.5 Å². The molecular weight excluding hydrogens is 322 g/mol. The lowest BCUT2D eigenvalue weighted by molar-refractivity contribution is 0.0570. The summed E-state index contributed by atoms with van der Waals surface area (Å²) in [4.78, 5) is 14.7. The molecule has 0 N–H and O–H groups in total. The Hall–Kier alpha value is -1.07. The molecule has 1 aromatic carbocycles. The van der Waals surface area contributed by atoms with Crippen LogP contribution in [0.3, 0.4) is 0 Å². The van der Waals surface area contributed by atoms with Crippen molar-refractivity contribution < 1.29 is 13.2 Å². The predicted molar refractivity (Wildman–Crippen MR) is 88.1 cm³/mol. The Kier molecular flexibility index (Phi) is 5.17. The molecule has 2 atom stereocenters. The third kappa shape index (κ3) is 3.46. The summed E-state index contributed by atoms with van der Waals surface area (Å²) >= 11 is 5.99. The van der Waals surface area contributed by atoms with E-state index in [2.05, 4.69) is 6.92 Å². The predicted octanol–water partition coefficient (Wildman–Crippen LogP) is 3.39. The second kappa shape index (κ2) is 6.59. The molecule has 6 heteroatoms. The number of hydrogen-bond acceptors (Lipinski definition) is 3. The van der Waals surface area contributed by atoms with Crippen LogP contribution in [0.4, 0.5) is 0 Å². The highest BCUT2D eigenvalue weighted by Gasteiger charge is 2.31. The molecule has 0 saturated carbocycles. The molecule has 0 aliphatic carbocycles. The average molecular weight is 344 g/mol. The Morgan fingerprint density at radius 3 is 2.64 bits per heavy atom.